The van der Waals surface area contributed by atoms with E-state index in [1.807, 2.05) is 20.8 Å². The first-order chi connectivity index (χ1) is 11.9. The van der Waals surface area contributed by atoms with Crippen molar-refractivity contribution < 1.29 is 18.0 Å². The molecule has 26 heavy (non-hydrogen) atoms. The van der Waals surface area contributed by atoms with E-state index in [1.54, 1.807) is 0 Å². The molecule has 1 heterocycles. The number of alkyl halides is 3. The van der Waals surface area contributed by atoms with Crippen LogP contribution in [0.4, 0.5) is 18.9 Å². The van der Waals surface area contributed by atoms with Crippen LogP contribution in [0.15, 0.2) is 23.4 Å². The third kappa shape index (κ3) is 4.82. The number of anilines is 1. The average molecular weight is 408 g/mol. The number of thioether (sulfide) groups is 1. The molecule has 3 N–H and O–H groups in total. The lowest BCUT2D eigenvalue weighted by Crippen LogP contribution is -2.24. The van der Waals surface area contributed by atoms with Gasteiger partial charge in [0.1, 0.15) is 0 Å². The second-order valence-corrected chi connectivity index (χ2v) is 7.81. The second-order valence-electron chi connectivity index (χ2n) is 6.46. The van der Waals surface area contributed by atoms with Crippen LogP contribution in [-0.4, -0.2) is 26.5 Å². The van der Waals surface area contributed by atoms with Crippen LogP contribution in [0.2, 0.25) is 5.02 Å². The van der Waals surface area contributed by atoms with Gasteiger partial charge in [0.15, 0.2) is 5.82 Å². The van der Waals surface area contributed by atoms with E-state index >= 15 is 0 Å². The summed E-state index contributed by atoms with van der Waals surface area (Å²) in [7, 11) is 0. The van der Waals surface area contributed by atoms with E-state index < -0.39 is 17.6 Å². The van der Waals surface area contributed by atoms with Crippen LogP contribution in [0, 0.1) is 0 Å². The molecule has 1 amide bonds. The summed E-state index contributed by atoms with van der Waals surface area (Å²) in [4.78, 5) is 12.0. The number of nitrogens with zero attached hydrogens (tertiary/aromatic N) is 3. The number of amides is 1. The summed E-state index contributed by atoms with van der Waals surface area (Å²) in [5.41, 5.74) is -1.34. The van der Waals surface area contributed by atoms with Gasteiger partial charge in [0.2, 0.25) is 11.1 Å². The van der Waals surface area contributed by atoms with Gasteiger partial charge in [-0.25, -0.2) is 4.68 Å². The fourth-order valence-electron chi connectivity index (χ4n) is 2.00. The number of aromatic nitrogens is 3. The molecule has 0 aliphatic rings. The van der Waals surface area contributed by atoms with E-state index in [9.17, 15) is 18.0 Å². The highest BCUT2D eigenvalue weighted by Gasteiger charge is 2.31. The Morgan fingerprint density at radius 3 is 2.50 bits per heavy atom. The quantitative estimate of drug-likeness (QED) is 0.596. The Balaban J connectivity index is 2.05. The van der Waals surface area contributed by atoms with Crippen LogP contribution in [0.1, 0.15) is 32.2 Å². The molecule has 1 aromatic carbocycles. The van der Waals surface area contributed by atoms with Crippen molar-refractivity contribution in [2.45, 2.75) is 37.5 Å². The van der Waals surface area contributed by atoms with E-state index in [0.717, 1.165) is 30.0 Å². The molecule has 11 heteroatoms. The number of carbonyl (C=O) groups is 1. The predicted molar refractivity (Wildman–Crippen MR) is 94.7 cm³/mol. The lowest BCUT2D eigenvalue weighted by Gasteiger charge is -2.16. The number of nitrogens with two attached hydrogens (primary N) is 1. The summed E-state index contributed by atoms with van der Waals surface area (Å²) < 4.78 is 39.6. The molecule has 2 rings (SSSR count). The van der Waals surface area contributed by atoms with Gasteiger partial charge < -0.3 is 11.2 Å². The molecule has 0 saturated heterocycles. The van der Waals surface area contributed by atoms with E-state index in [1.165, 1.54) is 4.68 Å². The molecule has 0 atom stereocenters. The molecule has 0 aliphatic carbocycles. The molecular weight excluding hydrogens is 391 g/mol. The van der Waals surface area contributed by atoms with Crippen molar-refractivity contribution in [2.75, 3.05) is 16.9 Å². The average Bonchev–Trinajstić information content (AvgIpc) is 2.87. The van der Waals surface area contributed by atoms with E-state index in [4.69, 9.17) is 17.4 Å². The Kier molecular flexibility index (Phi) is 5.76. The summed E-state index contributed by atoms with van der Waals surface area (Å²) in [5, 5.41) is 10.6. The van der Waals surface area contributed by atoms with Crippen LogP contribution >= 0.6 is 23.4 Å². The van der Waals surface area contributed by atoms with Gasteiger partial charge in [-0.1, -0.05) is 44.1 Å². The van der Waals surface area contributed by atoms with Crippen molar-refractivity contribution in [1.29, 1.82) is 0 Å². The lowest BCUT2D eigenvalue weighted by molar-refractivity contribution is -0.137. The van der Waals surface area contributed by atoms with Crippen molar-refractivity contribution in [3.63, 3.8) is 0 Å². The Morgan fingerprint density at radius 1 is 1.31 bits per heavy atom. The summed E-state index contributed by atoms with van der Waals surface area (Å²) in [6, 6.07) is 2.71. The first kappa shape index (κ1) is 20.4. The molecule has 0 aliphatic heterocycles. The van der Waals surface area contributed by atoms with Crippen LogP contribution in [0.3, 0.4) is 0 Å². The Labute approximate surface area is 157 Å². The standard InChI is InChI=1S/C15H17ClF3N5OS/c1-14(2,3)12-22-23-13(24(12)20)26-7-11(25)21-10-6-8(15(17,18)19)4-5-9(10)16/h4-6H,7,20H2,1-3H3,(H,21,25). The Hall–Kier alpha value is -1.94. The van der Waals surface area contributed by atoms with Crippen LogP contribution in [-0.2, 0) is 16.4 Å². The molecule has 0 unspecified atom stereocenters. The Morgan fingerprint density at radius 2 is 1.96 bits per heavy atom. The van der Waals surface area contributed by atoms with Crippen molar-refractivity contribution >= 4 is 35.0 Å². The first-order valence-corrected chi connectivity index (χ1v) is 8.76. The molecule has 0 radical (unpaired) electrons. The van der Waals surface area contributed by atoms with E-state index in [-0.39, 0.29) is 21.9 Å². The maximum absolute atomic E-state index is 12.8. The highest BCUT2D eigenvalue weighted by atomic mass is 35.5. The van der Waals surface area contributed by atoms with Crippen molar-refractivity contribution in [1.82, 2.24) is 14.9 Å². The number of halogens is 4. The van der Waals surface area contributed by atoms with Crippen molar-refractivity contribution in [2.24, 2.45) is 0 Å². The molecule has 142 valence electrons. The van der Waals surface area contributed by atoms with Crippen molar-refractivity contribution in [3.8, 4) is 0 Å². The molecular formula is C15H17ClF3N5OS. The van der Waals surface area contributed by atoms with Gasteiger partial charge in [-0.3, -0.25) is 4.79 Å². The van der Waals surface area contributed by atoms with E-state index in [0.29, 0.717) is 11.0 Å². The minimum atomic E-state index is -4.53. The lowest BCUT2D eigenvalue weighted by atomic mass is 9.96. The molecule has 0 saturated carbocycles. The molecule has 2 aromatic rings. The number of hydrogen-bond donors (Lipinski definition) is 2. The van der Waals surface area contributed by atoms with Gasteiger partial charge in [0.05, 0.1) is 22.0 Å². The molecule has 6 nitrogen and oxygen atoms in total. The van der Waals surface area contributed by atoms with Crippen LogP contribution in [0.25, 0.3) is 0 Å². The third-order valence-corrected chi connectivity index (χ3v) is 4.51. The normalized spacial score (nSPS) is 12.3. The third-order valence-electron chi connectivity index (χ3n) is 3.24. The summed E-state index contributed by atoms with van der Waals surface area (Å²) in [6.07, 6.45) is -4.53. The zero-order valence-electron chi connectivity index (χ0n) is 14.2. The van der Waals surface area contributed by atoms with Gasteiger partial charge in [-0.05, 0) is 18.2 Å². The molecule has 0 spiro atoms. The maximum Gasteiger partial charge on any atom is 0.416 e. The van der Waals surface area contributed by atoms with Gasteiger partial charge in [0.25, 0.3) is 0 Å². The van der Waals surface area contributed by atoms with Gasteiger partial charge in [0, 0.05) is 5.41 Å². The van der Waals surface area contributed by atoms with Gasteiger partial charge >= 0.3 is 6.18 Å². The second kappa shape index (κ2) is 7.36. The SMILES string of the molecule is CC(C)(C)c1nnc(SCC(=O)Nc2cc(C(F)(F)F)ccc2Cl)n1N. The van der Waals surface area contributed by atoms with Crippen LogP contribution < -0.4 is 11.2 Å². The fourth-order valence-corrected chi connectivity index (χ4v) is 2.82. The van der Waals surface area contributed by atoms with E-state index in [2.05, 4.69) is 15.5 Å². The van der Waals surface area contributed by atoms with Crippen molar-refractivity contribution in [3.05, 3.63) is 34.6 Å². The molecule has 0 fully saturated rings. The first-order valence-electron chi connectivity index (χ1n) is 7.40. The summed E-state index contributed by atoms with van der Waals surface area (Å²) in [6.45, 7) is 5.74. The number of nitrogen functional groups attached to an aromatic ring is 1. The smallest absolute Gasteiger partial charge is 0.336 e. The molecule has 0 bridgehead atoms. The largest absolute Gasteiger partial charge is 0.416 e. The minimum absolute atomic E-state index is 0.00774. The number of carbonyl (C=O) groups excluding carboxylic acids is 1. The number of rotatable bonds is 4. The predicted octanol–water partition coefficient (Wildman–Crippen LogP) is 3.69. The zero-order valence-corrected chi connectivity index (χ0v) is 15.8. The highest BCUT2D eigenvalue weighted by molar-refractivity contribution is 7.99. The van der Waals surface area contributed by atoms with Crippen LogP contribution in [0.5, 0.6) is 0 Å². The summed E-state index contributed by atoms with van der Waals surface area (Å²) in [5.74, 6) is 5.79. The highest BCUT2D eigenvalue weighted by Crippen LogP contribution is 2.34. The number of nitrogens with one attached hydrogen (secondary N) is 1. The zero-order chi connectivity index (χ0) is 19.7. The van der Waals surface area contributed by atoms with Gasteiger partial charge in [-0.15, -0.1) is 10.2 Å². The minimum Gasteiger partial charge on any atom is -0.336 e. The fraction of sp³-hybridized carbons (Fsp3) is 0.400. The molecule has 1 aromatic heterocycles. The summed E-state index contributed by atoms with van der Waals surface area (Å²) >= 11 is 6.86. The number of benzene rings is 1. The van der Waals surface area contributed by atoms with Gasteiger partial charge in [-0.2, -0.15) is 13.2 Å². The Bertz CT molecular complexity index is 817. The maximum atomic E-state index is 12.8. The number of hydrogen-bond acceptors (Lipinski definition) is 5. The monoisotopic (exact) mass is 407 g/mol. The topological polar surface area (TPSA) is 85.8 Å².